The Hall–Kier alpha value is -1.43. The highest BCUT2D eigenvalue weighted by Gasteiger charge is 2.06. The van der Waals surface area contributed by atoms with Gasteiger partial charge in [0.25, 0.3) is 0 Å². The first kappa shape index (κ1) is 7.67. The molecule has 1 nitrogen and oxygen atoms in total. The first-order chi connectivity index (χ1) is 5.24. The molecule has 0 saturated heterocycles. The first-order valence-corrected chi connectivity index (χ1v) is 3.02. The van der Waals surface area contributed by atoms with Crippen molar-refractivity contribution < 1.29 is 8.78 Å². The molecule has 0 N–H and O–H groups in total. The molecule has 2 aliphatic carbocycles. The van der Waals surface area contributed by atoms with Gasteiger partial charge in [-0.2, -0.15) is 14.0 Å². The van der Waals surface area contributed by atoms with Gasteiger partial charge < -0.3 is 0 Å². The predicted molar refractivity (Wildman–Crippen MR) is 37.1 cm³/mol. The van der Waals surface area contributed by atoms with Gasteiger partial charge in [-0.15, -0.1) is 0 Å². The Morgan fingerprint density at radius 3 is 1.82 bits per heavy atom. The number of hydrogen-bond acceptors (Lipinski definition) is 1. The second-order valence-electron chi connectivity index (χ2n) is 2.01. The minimum absolute atomic E-state index is 0.694. The quantitative estimate of drug-likeness (QED) is 0.570. The van der Waals surface area contributed by atoms with Crippen LogP contribution in [0.1, 0.15) is 0 Å². The van der Waals surface area contributed by atoms with E-state index in [0.29, 0.717) is 6.07 Å². The van der Waals surface area contributed by atoms with Gasteiger partial charge in [-0.05, 0) is 17.2 Å². The molecule has 0 amide bonds. The molecule has 0 atom stereocenters. The third-order valence-corrected chi connectivity index (χ3v) is 1.21. The van der Waals surface area contributed by atoms with Crippen LogP contribution in [0.25, 0.3) is 11.1 Å². The van der Waals surface area contributed by atoms with E-state index in [-0.39, 0.29) is 0 Å². The molecule has 0 aromatic carbocycles. The van der Waals surface area contributed by atoms with Gasteiger partial charge in [-0.25, -0.2) is 0 Å². The zero-order chi connectivity index (χ0) is 8.27. The Labute approximate surface area is 62.9 Å². The molecule has 0 heterocycles. The average Bonchev–Trinajstić information content (AvgIpc) is 2.61. The molecular formula is C8H5F2N. The number of halogens is 2. The maximum Gasteiger partial charge on any atom is 0.322 e. The fourth-order valence-electron chi connectivity index (χ4n) is 0.676. The van der Waals surface area contributed by atoms with Gasteiger partial charge in [0.2, 0.25) is 0 Å². The van der Waals surface area contributed by atoms with Crippen molar-refractivity contribution in [1.29, 1.82) is 5.26 Å². The lowest BCUT2D eigenvalue weighted by Gasteiger charge is -1.67. The van der Waals surface area contributed by atoms with E-state index in [1.807, 2.05) is 0 Å². The van der Waals surface area contributed by atoms with Crippen molar-refractivity contribution in [3.05, 3.63) is 24.3 Å². The van der Waals surface area contributed by atoms with E-state index in [2.05, 4.69) is 24.3 Å². The molecule has 11 heavy (non-hydrogen) atoms. The molecule has 2 aliphatic rings. The number of nitrogens with zero attached hydrogens (tertiary/aromatic N) is 1. The van der Waals surface area contributed by atoms with Crippen molar-refractivity contribution in [2.45, 2.75) is 6.43 Å². The van der Waals surface area contributed by atoms with Crippen LogP contribution >= 0.6 is 0 Å². The summed E-state index contributed by atoms with van der Waals surface area (Å²) in [5, 5.41) is 7.14. The minimum Gasteiger partial charge on any atom is -0.193 e. The monoisotopic (exact) mass is 153 g/mol. The number of benzene rings is 1. The van der Waals surface area contributed by atoms with Gasteiger partial charge >= 0.3 is 6.43 Å². The Bertz CT molecular complexity index is 271. The Morgan fingerprint density at radius 2 is 1.73 bits per heavy atom. The number of fused-ring (bicyclic) bond motifs is 1. The molecule has 3 heteroatoms. The SMILES string of the molecule is N#CC(F)F.c1cc2cc-2c1. The standard InChI is InChI=1S/C6H4.C2HF2N/c1-2-5-4-6(5)3-1;3-2(4)1-5/h1-4H;2H. The lowest BCUT2D eigenvalue weighted by molar-refractivity contribution is 0.212. The summed E-state index contributed by atoms with van der Waals surface area (Å²) in [6.45, 7) is 0. The highest BCUT2D eigenvalue weighted by atomic mass is 19.3. The van der Waals surface area contributed by atoms with Crippen LogP contribution in [0.5, 0.6) is 0 Å². The molecule has 0 saturated carbocycles. The van der Waals surface area contributed by atoms with E-state index in [0.717, 1.165) is 0 Å². The van der Waals surface area contributed by atoms with Crippen molar-refractivity contribution in [3.63, 3.8) is 0 Å². The highest BCUT2D eigenvalue weighted by Crippen LogP contribution is 2.32. The maximum absolute atomic E-state index is 10.4. The fraction of sp³-hybridized carbons (Fsp3) is 0.125. The van der Waals surface area contributed by atoms with E-state index in [4.69, 9.17) is 5.26 Å². The molecule has 2 rings (SSSR count). The molecule has 56 valence electrons. The second kappa shape index (κ2) is 3.11. The maximum atomic E-state index is 10.4. The Morgan fingerprint density at radius 1 is 1.27 bits per heavy atom. The van der Waals surface area contributed by atoms with E-state index in [9.17, 15) is 8.78 Å². The summed E-state index contributed by atoms with van der Waals surface area (Å²) in [4.78, 5) is 0. The van der Waals surface area contributed by atoms with Gasteiger partial charge in [0.05, 0.1) is 0 Å². The van der Waals surface area contributed by atoms with Crippen LogP contribution in [0.2, 0.25) is 0 Å². The molecule has 0 unspecified atom stereocenters. The van der Waals surface area contributed by atoms with Crippen LogP contribution in [0.3, 0.4) is 0 Å². The number of rotatable bonds is 0. The van der Waals surface area contributed by atoms with E-state index in [1.54, 1.807) is 0 Å². The molecule has 0 spiro atoms. The zero-order valence-electron chi connectivity index (χ0n) is 5.59. The summed E-state index contributed by atoms with van der Waals surface area (Å²) in [5.74, 6) is 0. The van der Waals surface area contributed by atoms with Gasteiger partial charge in [-0.1, -0.05) is 18.2 Å². The molecule has 0 fully saturated rings. The molecule has 0 aromatic rings. The summed E-state index contributed by atoms with van der Waals surface area (Å²) in [6, 6.07) is 9.18. The number of hydrogen-bond donors (Lipinski definition) is 0. The summed E-state index contributed by atoms with van der Waals surface area (Å²) in [7, 11) is 0. The average molecular weight is 153 g/mol. The molecule has 0 aliphatic heterocycles. The van der Waals surface area contributed by atoms with Crippen LogP contribution in [0.15, 0.2) is 24.3 Å². The molecule has 0 bridgehead atoms. The number of nitriles is 1. The normalized spacial score (nSPS) is 9.64. The summed E-state index contributed by atoms with van der Waals surface area (Å²) >= 11 is 0. The molecule has 0 aromatic heterocycles. The largest absolute Gasteiger partial charge is 0.322 e. The third kappa shape index (κ3) is 2.34. The summed E-state index contributed by atoms with van der Waals surface area (Å²) in [5.41, 5.74) is 2.85. The number of alkyl halides is 2. The van der Waals surface area contributed by atoms with Gasteiger partial charge in [-0.3, -0.25) is 0 Å². The van der Waals surface area contributed by atoms with E-state index in [1.165, 1.54) is 11.1 Å². The fourth-order valence-corrected chi connectivity index (χ4v) is 0.676. The highest BCUT2D eigenvalue weighted by molar-refractivity contribution is 5.80. The van der Waals surface area contributed by atoms with Crippen LogP contribution in [0.4, 0.5) is 8.78 Å². The molecule has 0 radical (unpaired) electrons. The van der Waals surface area contributed by atoms with E-state index >= 15 is 0 Å². The van der Waals surface area contributed by atoms with Crippen LogP contribution < -0.4 is 0 Å². The first-order valence-electron chi connectivity index (χ1n) is 3.02. The van der Waals surface area contributed by atoms with Crippen molar-refractivity contribution in [2.24, 2.45) is 0 Å². The third-order valence-electron chi connectivity index (χ3n) is 1.21. The zero-order valence-corrected chi connectivity index (χ0v) is 5.59. The van der Waals surface area contributed by atoms with Crippen molar-refractivity contribution in [2.75, 3.05) is 0 Å². The Balaban J connectivity index is 0.000000114. The predicted octanol–water partition coefficient (Wildman–Crippen LogP) is 2.44. The second-order valence-corrected chi connectivity index (χ2v) is 2.01. The Kier molecular flexibility index (Phi) is 2.17. The smallest absolute Gasteiger partial charge is 0.193 e. The lowest BCUT2D eigenvalue weighted by Crippen LogP contribution is -1.76. The van der Waals surface area contributed by atoms with Gasteiger partial charge in [0, 0.05) is 0 Å². The molecular weight excluding hydrogens is 148 g/mol. The van der Waals surface area contributed by atoms with Crippen molar-refractivity contribution >= 4 is 0 Å². The van der Waals surface area contributed by atoms with Crippen LogP contribution in [0, 0.1) is 11.3 Å². The minimum atomic E-state index is -2.81. The van der Waals surface area contributed by atoms with Gasteiger partial charge in [0.15, 0.2) is 0 Å². The topological polar surface area (TPSA) is 23.8 Å². The summed E-state index contributed by atoms with van der Waals surface area (Å²) < 4.78 is 20.8. The van der Waals surface area contributed by atoms with Crippen LogP contribution in [-0.2, 0) is 0 Å². The van der Waals surface area contributed by atoms with E-state index < -0.39 is 6.43 Å². The lowest BCUT2D eigenvalue weighted by atomic mass is 10.6. The van der Waals surface area contributed by atoms with Crippen LogP contribution in [-0.4, -0.2) is 6.43 Å². The summed E-state index contributed by atoms with van der Waals surface area (Å²) in [6.07, 6.45) is -2.81. The van der Waals surface area contributed by atoms with Crippen molar-refractivity contribution in [1.82, 2.24) is 0 Å². The van der Waals surface area contributed by atoms with Crippen molar-refractivity contribution in [3.8, 4) is 17.2 Å². The van der Waals surface area contributed by atoms with Gasteiger partial charge in [0.1, 0.15) is 6.07 Å².